The maximum Gasteiger partial charge on any atom is 0.246 e. The molecule has 23 heavy (non-hydrogen) atoms. The molecule has 0 spiro atoms. The molecule has 3 N–H and O–H groups in total. The number of anilines is 1. The van der Waals surface area contributed by atoms with E-state index in [1.165, 1.54) is 0 Å². The number of aryl methyl sites for hydroxylation is 1. The fourth-order valence-corrected chi connectivity index (χ4v) is 2.09. The Kier molecular flexibility index (Phi) is 9.76. The van der Waals surface area contributed by atoms with Gasteiger partial charge in [-0.2, -0.15) is 0 Å². The number of carbonyl (C=O) groups excluding carboxylic acids is 1. The van der Waals surface area contributed by atoms with E-state index < -0.39 is 0 Å². The Morgan fingerprint density at radius 3 is 2.52 bits per heavy atom. The molecule has 0 bridgehead atoms. The summed E-state index contributed by atoms with van der Waals surface area (Å²) in [5.41, 5.74) is 1.70. The summed E-state index contributed by atoms with van der Waals surface area (Å²) in [7, 11) is 0. The van der Waals surface area contributed by atoms with Gasteiger partial charge in [-0.1, -0.05) is 22.0 Å². The van der Waals surface area contributed by atoms with Crippen LogP contribution in [0.5, 0.6) is 0 Å². The van der Waals surface area contributed by atoms with Gasteiger partial charge in [0.2, 0.25) is 5.91 Å². The third-order valence-electron chi connectivity index (χ3n) is 2.69. The summed E-state index contributed by atoms with van der Waals surface area (Å²) < 4.78 is 0.930. The lowest BCUT2D eigenvalue weighted by Gasteiger charge is -2.23. The second-order valence-electron chi connectivity index (χ2n) is 6.08. The number of guanidine groups is 1. The van der Waals surface area contributed by atoms with Crippen molar-refractivity contribution >= 4 is 57.5 Å². The quantitative estimate of drug-likeness (QED) is 0.338. The summed E-state index contributed by atoms with van der Waals surface area (Å²) in [5, 5.41) is 9.26. The Bertz CT molecular complexity index is 556. The van der Waals surface area contributed by atoms with Gasteiger partial charge in [-0.05, 0) is 52.3 Å². The summed E-state index contributed by atoms with van der Waals surface area (Å²) in [6.07, 6.45) is 0. The molecule has 1 rings (SSSR count). The molecule has 130 valence electrons. The van der Waals surface area contributed by atoms with Crippen molar-refractivity contribution in [3.8, 4) is 0 Å². The first-order valence-electron chi connectivity index (χ1n) is 7.34. The van der Waals surface area contributed by atoms with Crippen molar-refractivity contribution < 1.29 is 4.79 Å². The van der Waals surface area contributed by atoms with E-state index in [1.54, 1.807) is 0 Å². The van der Waals surface area contributed by atoms with E-state index >= 15 is 0 Å². The van der Waals surface area contributed by atoms with Crippen LogP contribution < -0.4 is 16.0 Å². The highest BCUT2D eigenvalue weighted by atomic mass is 127. The fourth-order valence-electron chi connectivity index (χ4n) is 1.73. The number of nitrogens with zero attached hydrogens (tertiary/aromatic N) is 1. The largest absolute Gasteiger partial charge is 0.357 e. The predicted molar refractivity (Wildman–Crippen MR) is 112 cm³/mol. The molecule has 0 aromatic heterocycles. The average molecular weight is 497 g/mol. The lowest BCUT2D eigenvalue weighted by molar-refractivity contribution is -0.114. The normalized spacial score (nSPS) is 11.5. The second-order valence-corrected chi connectivity index (χ2v) is 6.99. The Morgan fingerprint density at radius 1 is 1.30 bits per heavy atom. The lowest BCUT2D eigenvalue weighted by Crippen LogP contribution is -2.47. The fraction of sp³-hybridized carbons (Fsp3) is 0.500. The number of carbonyl (C=O) groups is 1. The minimum absolute atomic E-state index is 0. The van der Waals surface area contributed by atoms with E-state index in [1.807, 2.05) is 52.8 Å². The van der Waals surface area contributed by atoms with Crippen LogP contribution >= 0.6 is 39.9 Å². The van der Waals surface area contributed by atoms with Crippen molar-refractivity contribution in [2.75, 3.05) is 18.4 Å². The summed E-state index contributed by atoms with van der Waals surface area (Å²) >= 11 is 3.40. The number of nitrogens with one attached hydrogen (secondary N) is 3. The molecule has 0 unspecified atom stereocenters. The topological polar surface area (TPSA) is 65.5 Å². The highest BCUT2D eigenvalue weighted by molar-refractivity contribution is 14.0. The van der Waals surface area contributed by atoms with Crippen LogP contribution in [0, 0.1) is 6.92 Å². The molecule has 0 radical (unpaired) electrons. The standard InChI is InChI=1S/C16H25BrN4O.HI/c1-6-18-15(21-16(3,4)5)19-10-14(22)20-13-9-12(17)8-7-11(13)2;/h7-9H,6,10H2,1-5H3,(H,20,22)(H2,18,19,21);1H. The predicted octanol–water partition coefficient (Wildman–Crippen LogP) is 3.67. The van der Waals surface area contributed by atoms with Crippen LogP contribution in [0.3, 0.4) is 0 Å². The number of halogens is 2. The van der Waals surface area contributed by atoms with E-state index in [-0.39, 0.29) is 42.0 Å². The van der Waals surface area contributed by atoms with Gasteiger partial charge in [-0.3, -0.25) is 4.79 Å². The first kappa shape index (κ1) is 22.2. The number of hydrogen-bond acceptors (Lipinski definition) is 2. The smallest absolute Gasteiger partial charge is 0.246 e. The minimum Gasteiger partial charge on any atom is -0.357 e. The van der Waals surface area contributed by atoms with Crippen molar-refractivity contribution in [2.45, 2.75) is 40.2 Å². The van der Waals surface area contributed by atoms with Crippen molar-refractivity contribution in [3.05, 3.63) is 28.2 Å². The van der Waals surface area contributed by atoms with Gasteiger partial charge in [0.1, 0.15) is 6.54 Å². The Labute approximate surface area is 164 Å². The SMILES string of the molecule is CCNC(=NCC(=O)Nc1cc(Br)ccc1C)NC(C)(C)C.I. The molecule has 0 saturated carbocycles. The maximum absolute atomic E-state index is 12.1. The van der Waals surface area contributed by atoms with Crippen molar-refractivity contribution in [2.24, 2.45) is 4.99 Å². The van der Waals surface area contributed by atoms with Gasteiger partial charge in [0.05, 0.1) is 0 Å². The molecule has 0 aliphatic heterocycles. The van der Waals surface area contributed by atoms with Crippen molar-refractivity contribution in [1.82, 2.24) is 10.6 Å². The third kappa shape index (κ3) is 9.14. The van der Waals surface area contributed by atoms with Crippen LogP contribution in [0.4, 0.5) is 5.69 Å². The molecule has 0 atom stereocenters. The highest BCUT2D eigenvalue weighted by Crippen LogP contribution is 2.20. The first-order chi connectivity index (χ1) is 10.2. The van der Waals surface area contributed by atoms with Crippen LogP contribution in [0.25, 0.3) is 0 Å². The lowest BCUT2D eigenvalue weighted by atomic mass is 10.1. The molecule has 5 nitrogen and oxygen atoms in total. The van der Waals surface area contributed by atoms with E-state index in [0.29, 0.717) is 5.96 Å². The molecule has 7 heteroatoms. The molecule has 0 fully saturated rings. The van der Waals surface area contributed by atoms with E-state index in [9.17, 15) is 4.79 Å². The van der Waals surface area contributed by atoms with Gasteiger partial charge in [0.25, 0.3) is 0 Å². The van der Waals surface area contributed by atoms with Gasteiger partial charge in [0.15, 0.2) is 5.96 Å². The zero-order valence-electron chi connectivity index (χ0n) is 14.3. The summed E-state index contributed by atoms with van der Waals surface area (Å²) in [4.78, 5) is 16.4. The van der Waals surface area contributed by atoms with Gasteiger partial charge >= 0.3 is 0 Å². The molecule has 1 aromatic carbocycles. The molecule has 1 amide bonds. The van der Waals surface area contributed by atoms with E-state index in [2.05, 4.69) is 36.9 Å². The summed E-state index contributed by atoms with van der Waals surface area (Å²) in [6.45, 7) is 10.9. The van der Waals surface area contributed by atoms with Gasteiger partial charge in [-0.15, -0.1) is 24.0 Å². The molecular formula is C16H26BrIN4O. The Balaban J connectivity index is 0.00000484. The van der Waals surface area contributed by atoms with Gasteiger partial charge in [0, 0.05) is 22.2 Å². The molecule has 0 saturated heterocycles. The second kappa shape index (κ2) is 10.1. The Hall–Kier alpha value is -0.830. The van der Waals surface area contributed by atoms with Crippen molar-refractivity contribution in [3.63, 3.8) is 0 Å². The highest BCUT2D eigenvalue weighted by Gasteiger charge is 2.12. The van der Waals surface area contributed by atoms with Gasteiger partial charge < -0.3 is 16.0 Å². The third-order valence-corrected chi connectivity index (χ3v) is 3.19. The maximum atomic E-state index is 12.1. The van der Waals surface area contributed by atoms with Crippen LogP contribution in [0.15, 0.2) is 27.7 Å². The molecule has 1 aromatic rings. The number of aliphatic imine (C=N–C) groups is 1. The molecule has 0 aliphatic carbocycles. The van der Waals surface area contributed by atoms with Crippen LogP contribution in [0.2, 0.25) is 0 Å². The van der Waals surface area contributed by atoms with E-state index in [0.717, 1.165) is 22.3 Å². The zero-order valence-corrected chi connectivity index (χ0v) is 18.2. The Morgan fingerprint density at radius 2 is 1.96 bits per heavy atom. The minimum atomic E-state index is -0.146. The van der Waals surface area contributed by atoms with Crippen LogP contribution in [0.1, 0.15) is 33.3 Å². The monoisotopic (exact) mass is 496 g/mol. The van der Waals surface area contributed by atoms with E-state index in [4.69, 9.17) is 0 Å². The van der Waals surface area contributed by atoms with Gasteiger partial charge in [-0.25, -0.2) is 4.99 Å². The average Bonchev–Trinajstić information content (AvgIpc) is 2.39. The summed E-state index contributed by atoms with van der Waals surface area (Å²) in [5.74, 6) is 0.489. The number of hydrogen-bond donors (Lipinski definition) is 3. The molecule has 0 heterocycles. The van der Waals surface area contributed by atoms with Crippen LogP contribution in [-0.4, -0.2) is 30.5 Å². The van der Waals surface area contributed by atoms with Crippen LogP contribution in [-0.2, 0) is 4.79 Å². The molecule has 0 aliphatic rings. The number of amides is 1. The number of benzene rings is 1. The molecular weight excluding hydrogens is 471 g/mol. The van der Waals surface area contributed by atoms with Crippen molar-refractivity contribution in [1.29, 1.82) is 0 Å². The number of rotatable bonds is 4. The zero-order chi connectivity index (χ0) is 16.8. The summed E-state index contributed by atoms with van der Waals surface area (Å²) in [6, 6.07) is 5.78. The first-order valence-corrected chi connectivity index (χ1v) is 8.13.